The zero-order valence-corrected chi connectivity index (χ0v) is 17.1. The molecule has 0 saturated carbocycles. The summed E-state index contributed by atoms with van der Waals surface area (Å²) in [4.78, 5) is 27.6. The Balaban J connectivity index is 1.71. The highest BCUT2D eigenvalue weighted by Crippen LogP contribution is 2.52. The van der Waals surface area contributed by atoms with Gasteiger partial charge >= 0.3 is 0 Å². The number of rotatable bonds is 2. The van der Waals surface area contributed by atoms with Gasteiger partial charge in [-0.25, -0.2) is 0 Å². The highest BCUT2D eigenvalue weighted by atomic mass is 16.5. The first kappa shape index (κ1) is 18.0. The second-order valence-corrected chi connectivity index (χ2v) is 8.05. The molecule has 0 amide bonds. The number of fused-ring (bicyclic) bond motifs is 7. The standard InChI is InChI=1S/C26H19NO4/c1-30-21-11-16-14-26(24(28)18(16)13-22(21)31-2)19-9-5-6-10-20(19)27-23(26)12-15-7-3-4-8-17(15)25(27)29/h3-13H,14H2,1-2H3. The summed E-state index contributed by atoms with van der Waals surface area (Å²) in [5.74, 6) is 1.10. The van der Waals surface area contributed by atoms with E-state index >= 15 is 0 Å². The molecule has 1 atom stereocenters. The van der Waals surface area contributed by atoms with Gasteiger partial charge in [-0.2, -0.15) is 0 Å². The molecule has 4 aromatic rings. The topological polar surface area (TPSA) is 57.5 Å². The number of carbonyl (C=O) groups excluding carboxylic acids is 1. The number of hydrogen-bond acceptors (Lipinski definition) is 4. The Morgan fingerprint density at radius 3 is 2.39 bits per heavy atom. The van der Waals surface area contributed by atoms with E-state index in [-0.39, 0.29) is 11.3 Å². The maximum Gasteiger partial charge on any atom is 0.263 e. The van der Waals surface area contributed by atoms with Gasteiger partial charge in [0.15, 0.2) is 17.3 Å². The van der Waals surface area contributed by atoms with Crippen LogP contribution in [0.2, 0.25) is 0 Å². The van der Waals surface area contributed by atoms with Crippen molar-refractivity contribution < 1.29 is 14.3 Å². The van der Waals surface area contributed by atoms with E-state index in [1.807, 2.05) is 60.7 Å². The lowest BCUT2D eigenvalue weighted by Crippen LogP contribution is -2.34. The Morgan fingerprint density at radius 2 is 1.58 bits per heavy atom. The van der Waals surface area contributed by atoms with E-state index in [9.17, 15) is 9.59 Å². The van der Waals surface area contributed by atoms with Crippen molar-refractivity contribution in [2.24, 2.45) is 0 Å². The Bertz CT molecular complexity index is 1480. The molecular weight excluding hydrogens is 390 g/mol. The first-order valence-electron chi connectivity index (χ1n) is 10.1. The summed E-state index contributed by atoms with van der Waals surface area (Å²) in [5, 5.41) is 1.48. The van der Waals surface area contributed by atoms with Gasteiger partial charge in [0.05, 0.1) is 19.9 Å². The molecule has 0 bridgehead atoms. The minimum atomic E-state index is -0.945. The molecule has 5 heteroatoms. The average Bonchev–Trinajstić information content (AvgIpc) is 3.25. The fourth-order valence-electron chi connectivity index (χ4n) is 5.28. The summed E-state index contributed by atoms with van der Waals surface area (Å²) >= 11 is 0. The van der Waals surface area contributed by atoms with Crippen LogP contribution in [0.5, 0.6) is 11.5 Å². The second kappa shape index (κ2) is 6.08. The van der Waals surface area contributed by atoms with Crippen LogP contribution in [0.4, 0.5) is 0 Å². The molecule has 2 heterocycles. The number of aromatic nitrogens is 1. The molecule has 0 radical (unpaired) electrons. The summed E-state index contributed by atoms with van der Waals surface area (Å²) in [6, 6.07) is 20.9. The van der Waals surface area contributed by atoms with Crippen LogP contribution in [0.1, 0.15) is 27.2 Å². The molecule has 3 aromatic carbocycles. The van der Waals surface area contributed by atoms with Gasteiger partial charge in [0.1, 0.15) is 5.41 Å². The lowest BCUT2D eigenvalue weighted by atomic mass is 9.75. The number of pyridine rings is 1. The summed E-state index contributed by atoms with van der Waals surface area (Å²) in [6.07, 6.45) is 0.469. The number of benzene rings is 3. The van der Waals surface area contributed by atoms with Crippen LogP contribution < -0.4 is 15.0 Å². The third kappa shape index (κ3) is 2.10. The Labute approximate surface area is 178 Å². The SMILES string of the molecule is COc1cc2c(cc1OC)C(=O)C1(C2)c2ccccc2-n2c1cc1ccccc1c2=O. The third-order valence-electron chi connectivity index (χ3n) is 6.67. The molecule has 1 unspecified atom stereocenters. The van der Waals surface area contributed by atoms with Crippen LogP contribution in [-0.4, -0.2) is 24.6 Å². The predicted octanol–water partition coefficient (Wildman–Crippen LogP) is 4.05. The molecule has 0 fully saturated rings. The molecule has 0 saturated heterocycles. The third-order valence-corrected chi connectivity index (χ3v) is 6.67. The fraction of sp³-hybridized carbons (Fsp3) is 0.154. The summed E-state index contributed by atoms with van der Waals surface area (Å²) in [7, 11) is 3.15. The van der Waals surface area contributed by atoms with Crippen molar-refractivity contribution in [2.45, 2.75) is 11.8 Å². The molecule has 31 heavy (non-hydrogen) atoms. The number of nitrogens with zero attached hydrogens (tertiary/aromatic N) is 1. The molecule has 5 nitrogen and oxygen atoms in total. The maximum absolute atomic E-state index is 14.0. The van der Waals surface area contributed by atoms with Crippen molar-refractivity contribution in [1.82, 2.24) is 4.57 Å². The molecule has 1 spiro atoms. The van der Waals surface area contributed by atoms with Crippen LogP contribution in [-0.2, 0) is 11.8 Å². The Morgan fingerprint density at radius 1 is 0.871 bits per heavy atom. The van der Waals surface area contributed by atoms with Gasteiger partial charge in [-0.3, -0.25) is 14.2 Å². The largest absolute Gasteiger partial charge is 0.493 e. The van der Waals surface area contributed by atoms with Crippen LogP contribution in [0.25, 0.3) is 16.5 Å². The highest BCUT2D eigenvalue weighted by Gasteiger charge is 2.54. The molecule has 0 N–H and O–H groups in total. The normalized spacial score (nSPS) is 18.2. The summed E-state index contributed by atoms with van der Waals surface area (Å²) in [6.45, 7) is 0. The molecule has 2 aliphatic rings. The van der Waals surface area contributed by atoms with Gasteiger partial charge in [0.25, 0.3) is 5.56 Å². The Hall–Kier alpha value is -3.86. The number of ether oxygens (including phenoxy) is 2. The van der Waals surface area contributed by atoms with E-state index in [0.29, 0.717) is 28.9 Å². The van der Waals surface area contributed by atoms with Crippen molar-refractivity contribution in [2.75, 3.05) is 14.2 Å². The smallest absolute Gasteiger partial charge is 0.263 e. The molecule has 152 valence electrons. The fourth-order valence-corrected chi connectivity index (χ4v) is 5.28. The molecular formula is C26H19NO4. The van der Waals surface area contributed by atoms with Gasteiger partial charge < -0.3 is 9.47 Å². The monoisotopic (exact) mass is 409 g/mol. The van der Waals surface area contributed by atoms with E-state index in [1.54, 1.807) is 24.9 Å². The molecule has 1 aliphatic carbocycles. The quantitative estimate of drug-likeness (QED) is 0.501. The lowest BCUT2D eigenvalue weighted by Gasteiger charge is -2.23. The van der Waals surface area contributed by atoms with E-state index in [2.05, 4.69) is 0 Å². The van der Waals surface area contributed by atoms with E-state index < -0.39 is 5.41 Å². The van der Waals surface area contributed by atoms with E-state index in [1.165, 1.54) is 0 Å². The van der Waals surface area contributed by atoms with Crippen molar-refractivity contribution >= 4 is 16.6 Å². The van der Waals surface area contributed by atoms with E-state index in [0.717, 1.165) is 27.9 Å². The summed E-state index contributed by atoms with van der Waals surface area (Å²) in [5.41, 5.74) is 2.82. The van der Waals surface area contributed by atoms with Gasteiger partial charge in [-0.15, -0.1) is 0 Å². The predicted molar refractivity (Wildman–Crippen MR) is 118 cm³/mol. The van der Waals surface area contributed by atoms with Crippen molar-refractivity contribution in [1.29, 1.82) is 0 Å². The van der Waals surface area contributed by atoms with Crippen molar-refractivity contribution in [3.63, 3.8) is 0 Å². The molecule has 6 rings (SSSR count). The van der Waals surface area contributed by atoms with Gasteiger partial charge in [-0.1, -0.05) is 36.4 Å². The Kier molecular flexibility index (Phi) is 3.52. The van der Waals surface area contributed by atoms with Gasteiger partial charge in [-0.05, 0) is 53.3 Å². The number of hydrogen-bond donors (Lipinski definition) is 0. The number of carbonyl (C=O) groups is 1. The summed E-state index contributed by atoms with van der Waals surface area (Å²) < 4.78 is 12.6. The molecule has 1 aliphatic heterocycles. The van der Waals surface area contributed by atoms with E-state index in [4.69, 9.17) is 9.47 Å². The van der Waals surface area contributed by atoms with Crippen LogP contribution in [0, 0.1) is 0 Å². The number of para-hydroxylation sites is 1. The van der Waals surface area contributed by atoms with Crippen molar-refractivity contribution in [3.8, 4) is 17.2 Å². The van der Waals surface area contributed by atoms with Crippen LogP contribution >= 0.6 is 0 Å². The number of Topliss-reactive ketones (excluding diaryl/α,β-unsaturated/α-hetero) is 1. The zero-order chi connectivity index (χ0) is 21.3. The number of methoxy groups -OCH3 is 2. The number of ketones is 1. The second-order valence-electron chi connectivity index (χ2n) is 8.05. The highest BCUT2D eigenvalue weighted by molar-refractivity contribution is 6.12. The van der Waals surface area contributed by atoms with Crippen molar-refractivity contribution in [3.05, 3.63) is 99.5 Å². The molecule has 1 aromatic heterocycles. The maximum atomic E-state index is 14.0. The van der Waals surface area contributed by atoms with Crippen LogP contribution in [0.3, 0.4) is 0 Å². The average molecular weight is 409 g/mol. The first-order chi connectivity index (χ1) is 15.1. The zero-order valence-electron chi connectivity index (χ0n) is 17.1. The van der Waals surface area contributed by atoms with Gasteiger partial charge in [0, 0.05) is 16.6 Å². The van der Waals surface area contributed by atoms with Gasteiger partial charge in [0.2, 0.25) is 0 Å². The first-order valence-corrected chi connectivity index (χ1v) is 10.1. The minimum Gasteiger partial charge on any atom is -0.493 e. The van der Waals surface area contributed by atoms with Crippen LogP contribution in [0.15, 0.2) is 71.5 Å². The lowest BCUT2D eigenvalue weighted by molar-refractivity contribution is 0.0930. The minimum absolute atomic E-state index is 0.0168.